The molecule has 0 aromatic heterocycles. The van der Waals surface area contributed by atoms with Crippen LogP contribution in [0.1, 0.15) is 5.56 Å². The lowest BCUT2D eigenvalue weighted by molar-refractivity contribution is 0.381. The summed E-state index contributed by atoms with van der Waals surface area (Å²) in [6.45, 7) is 1.42. The van der Waals surface area contributed by atoms with Gasteiger partial charge in [-0.2, -0.15) is 0 Å². The van der Waals surface area contributed by atoms with Gasteiger partial charge in [0.1, 0.15) is 0 Å². The van der Waals surface area contributed by atoms with Crippen LogP contribution in [0.5, 0.6) is 0 Å². The third-order valence-electron chi connectivity index (χ3n) is 2.82. The zero-order chi connectivity index (χ0) is 15.2. The Morgan fingerprint density at radius 2 is 1.30 bits per heavy atom. The van der Waals surface area contributed by atoms with Gasteiger partial charge in [-0.05, 0) is 40.0 Å². The van der Waals surface area contributed by atoms with E-state index in [4.69, 9.17) is 11.6 Å². The molecular formula is C13H5BrClF5. The Bertz CT molecular complexity index is 686. The molecule has 0 fully saturated rings. The van der Waals surface area contributed by atoms with Gasteiger partial charge in [-0.1, -0.05) is 17.7 Å². The highest BCUT2D eigenvalue weighted by atomic mass is 79.9. The number of benzene rings is 2. The third-order valence-corrected chi connectivity index (χ3v) is 4.19. The number of hydrogen-bond donors (Lipinski definition) is 0. The Labute approximate surface area is 124 Å². The van der Waals surface area contributed by atoms with E-state index in [9.17, 15) is 22.0 Å². The quantitative estimate of drug-likeness (QED) is 0.339. The van der Waals surface area contributed by atoms with Crippen LogP contribution >= 0.6 is 27.5 Å². The first-order valence-corrected chi connectivity index (χ1v) is 6.40. The van der Waals surface area contributed by atoms with E-state index in [0.29, 0.717) is 4.47 Å². The summed E-state index contributed by atoms with van der Waals surface area (Å²) in [6.07, 6.45) is 0. The first-order valence-electron chi connectivity index (χ1n) is 5.23. The van der Waals surface area contributed by atoms with E-state index >= 15 is 0 Å². The highest BCUT2D eigenvalue weighted by molar-refractivity contribution is 9.10. The molecule has 2 rings (SSSR count). The summed E-state index contributed by atoms with van der Waals surface area (Å²) in [6, 6.07) is 2.59. The van der Waals surface area contributed by atoms with Gasteiger partial charge in [0.15, 0.2) is 23.3 Å². The largest absolute Gasteiger partial charge is 0.203 e. The lowest BCUT2D eigenvalue weighted by Gasteiger charge is -2.12. The standard InChI is InChI=1S/C13H5BrClF5/c1-4-5(2-3-6(14)8(4)15)7-9(16)11(18)13(20)12(19)10(7)17/h2-3H,1H3. The van der Waals surface area contributed by atoms with Crippen LogP contribution < -0.4 is 0 Å². The molecule has 106 valence electrons. The summed E-state index contributed by atoms with van der Waals surface area (Å²) < 4.78 is 67.3. The third kappa shape index (κ3) is 2.20. The van der Waals surface area contributed by atoms with Gasteiger partial charge >= 0.3 is 0 Å². The lowest BCUT2D eigenvalue weighted by Crippen LogP contribution is -2.05. The van der Waals surface area contributed by atoms with Crippen LogP contribution in [0.15, 0.2) is 16.6 Å². The Morgan fingerprint density at radius 1 is 0.850 bits per heavy atom. The molecule has 0 aliphatic rings. The minimum absolute atomic E-state index is 0.131. The molecule has 0 spiro atoms. The van der Waals surface area contributed by atoms with Gasteiger partial charge < -0.3 is 0 Å². The van der Waals surface area contributed by atoms with Crippen LogP contribution in [-0.2, 0) is 0 Å². The predicted octanol–water partition coefficient (Wildman–Crippen LogP) is 5.77. The number of halogens is 7. The maximum absolute atomic E-state index is 13.7. The molecule has 0 amide bonds. The van der Waals surface area contributed by atoms with Crippen molar-refractivity contribution in [1.82, 2.24) is 0 Å². The van der Waals surface area contributed by atoms with Gasteiger partial charge in [0, 0.05) is 4.47 Å². The molecule has 0 aliphatic heterocycles. The topological polar surface area (TPSA) is 0 Å². The molecule has 0 N–H and O–H groups in total. The van der Waals surface area contributed by atoms with Crippen molar-refractivity contribution in [2.75, 3.05) is 0 Å². The molecule has 2 aromatic rings. The van der Waals surface area contributed by atoms with Crippen LogP contribution in [0.25, 0.3) is 11.1 Å². The van der Waals surface area contributed by atoms with Gasteiger partial charge in [0.2, 0.25) is 5.82 Å². The van der Waals surface area contributed by atoms with Gasteiger partial charge in [-0.25, -0.2) is 22.0 Å². The Kier molecular flexibility index (Phi) is 4.07. The van der Waals surface area contributed by atoms with E-state index in [1.807, 2.05) is 0 Å². The molecule has 0 unspecified atom stereocenters. The second-order valence-corrected chi connectivity index (χ2v) is 5.21. The van der Waals surface area contributed by atoms with Crippen molar-refractivity contribution in [3.63, 3.8) is 0 Å². The van der Waals surface area contributed by atoms with E-state index in [1.165, 1.54) is 19.1 Å². The Hall–Kier alpha value is -1.14. The van der Waals surface area contributed by atoms with E-state index in [-0.39, 0.29) is 16.1 Å². The molecular weight excluding hydrogens is 366 g/mol. The molecule has 2 aromatic carbocycles. The van der Waals surface area contributed by atoms with Gasteiger partial charge in [-0.15, -0.1) is 0 Å². The van der Waals surface area contributed by atoms with Crippen molar-refractivity contribution in [3.05, 3.63) is 56.3 Å². The second-order valence-electron chi connectivity index (χ2n) is 3.98. The molecule has 0 atom stereocenters. The first-order chi connectivity index (χ1) is 9.27. The fourth-order valence-electron chi connectivity index (χ4n) is 1.76. The average molecular weight is 372 g/mol. The van der Waals surface area contributed by atoms with Crippen molar-refractivity contribution in [2.45, 2.75) is 6.92 Å². The summed E-state index contributed by atoms with van der Waals surface area (Å²) >= 11 is 9.00. The highest BCUT2D eigenvalue weighted by Gasteiger charge is 2.27. The van der Waals surface area contributed by atoms with Crippen molar-refractivity contribution < 1.29 is 22.0 Å². The second kappa shape index (κ2) is 5.33. The Morgan fingerprint density at radius 3 is 1.80 bits per heavy atom. The molecule has 0 bridgehead atoms. The van der Waals surface area contributed by atoms with E-state index < -0.39 is 34.6 Å². The zero-order valence-corrected chi connectivity index (χ0v) is 12.1. The van der Waals surface area contributed by atoms with Crippen molar-refractivity contribution in [3.8, 4) is 11.1 Å². The molecule has 0 aliphatic carbocycles. The summed E-state index contributed by atoms with van der Waals surface area (Å²) in [7, 11) is 0. The Balaban J connectivity index is 2.87. The molecule has 0 heterocycles. The normalized spacial score (nSPS) is 11.0. The minimum atomic E-state index is -2.19. The molecule has 20 heavy (non-hydrogen) atoms. The molecule has 0 nitrogen and oxygen atoms in total. The van der Waals surface area contributed by atoms with Crippen LogP contribution in [-0.4, -0.2) is 0 Å². The predicted molar refractivity (Wildman–Crippen MR) is 69.1 cm³/mol. The number of hydrogen-bond acceptors (Lipinski definition) is 0. The maximum atomic E-state index is 13.7. The smallest absolute Gasteiger partial charge is 0.200 e. The fraction of sp³-hybridized carbons (Fsp3) is 0.0769. The van der Waals surface area contributed by atoms with Crippen molar-refractivity contribution in [1.29, 1.82) is 0 Å². The van der Waals surface area contributed by atoms with Crippen LogP contribution in [0.4, 0.5) is 22.0 Å². The zero-order valence-electron chi connectivity index (χ0n) is 9.80. The molecule has 0 radical (unpaired) electrons. The molecule has 7 heteroatoms. The average Bonchev–Trinajstić information content (AvgIpc) is 2.43. The van der Waals surface area contributed by atoms with E-state index in [2.05, 4.69) is 15.9 Å². The lowest BCUT2D eigenvalue weighted by atomic mass is 9.99. The minimum Gasteiger partial charge on any atom is -0.203 e. The highest BCUT2D eigenvalue weighted by Crippen LogP contribution is 2.38. The van der Waals surface area contributed by atoms with Crippen LogP contribution in [0.3, 0.4) is 0 Å². The van der Waals surface area contributed by atoms with E-state index in [1.54, 1.807) is 0 Å². The maximum Gasteiger partial charge on any atom is 0.200 e. The van der Waals surface area contributed by atoms with Crippen LogP contribution in [0.2, 0.25) is 5.02 Å². The fourth-order valence-corrected chi connectivity index (χ4v) is 2.36. The summed E-state index contributed by atoms with van der Waals surface area (Å²) in [5, 5.41) is 0.131. The number of rotatable bonds is 1. The SMILES string of the molecule is Cc1c(-c2c(F)c(F)c(F)c(F)c2F)ccc(Br)c1Cl. The summed E-state index contributed by atoms with van der Waals surface area (Å²) in [5.74, 6) is -9.94. The van der Waals surface area contributed by atoms with E-state index in [0.717, 1.165) is 0 Å². The molecule has 0 saturated carbocycles. The molecule has 0 saturated heterocycles. The van der Waals surface area contributed by atoms with Crippen molar-refractivity contribution >= 4 is 27.5 Å². The van der Waals surface area contributed by atoms with Gasteiger partial charge in [0.05, 0.1) is 10.6 Å². The summed E-state index contributed by atoms with van der Waals surface area (Å²) in [5.41, 5.74) is -0.955. The monoisotopic (exact) mass is 370 g/mol. The van der Waals surface area contributed by atoms with Crippen molar-refractivity contribution in [2.24, 2.45) is 0 Å². The summed E-state index contributed by atoms with van der Waals surface area (Å²) in [4.78, 5) is 0. The van der Waals surface area contributed by atoms with Gasteiger partial charge in [-0.3, -0.25) is 0 Å². The van der Waals surface area contributed by atoms with Gasteiger partial charge in [0.25, 0.3) is 0 Å². The first kappa shape index (κ1) is 15.3. The van der Waals surface area contributed by atoms with Crippen LogP contribution in [0, 0.1) is 36.0 Å².